The number of aromatic nitrogens is 2. The molecule has 2 aromatic rings. The molecule has 1 aromatic carbocycles. The summed E-state index contributed by atoms with van der Waals surface area (Å²) in [7, 11) is -3.52. The van der Waals surface area contributed by atoms with Crippen molar-refractivity contribution in [3.05, 3.63) is 24.4 Å². The highest BCUT2D eigenvalue weighted by atomic mass is 32.2. The van der Waals surface area contributed by atoms with E-state index in [-0.39, 0.29) is 0 Å². The Hall–Kier alpha value is -1.97. The number of nitrogens with two attached hydrogens (primary N) is 1. The lowest BCUT2D eigenvalue weighted by Gasteiger charge is -2.16. The molecule has 0 radical (unpaired) electrons. The number of nitrogens with zero attached hydrogens (tertiary/aromatic N) is 1. The number of fused-ring (bicyclic) bond motifs is 1. The van der Waals surface area contributed by atoms with E-state index >= 15 is 0 Å². The predicted molar refractivity (Wildman–Crippen MR) is 86.4 cm³/mol. The molecule has 23 heavy (non-hydrogen) atoms. The molecular weight excluding hydrogens is 320 g/mol. The van der Waals surface area contributed by atoms with Gasteiger partial charge in [0.25, 0.3) is 0 Å². The molecule has 0 aliphatic carbocycles. The number of unbranched alkanes of at least 4 members (excludes halogenated alkanes) is 1. The third-order valence-electron chi connectivity index (χ3n) is 3.22. The standard InChI is InChI=1S/C14H20N4O4S/c1-23(20,21)18-13(4-2-3-7-15)14(19)22-11-5-6-12-10(8-11)9-16-17-12/h5-6,8-9,13,18H,2-4,7,15H2,1H3,(H,16,17)/t13-/m0/s1. The van der Waals surface area contributed by atoms with Crippen LogP contribution in [0.1, 0.15) is 19.3 Å². The summed E-state index contributed by atoms with van der Waals surface area (Å²) >= 11 is 0. The Labute approximate surface area is 134 Å². The van der Waals surface area contributed by atoms with E-state index in [9.17, 15) is 13.2 Å². The van der Waals surface area contributed by atoms with Crippen LogP contribution < -0.4 is 15.2 Å². The van der Waals surface area contributed by atoms with Crippen molar-refractivity contribution >= 4 is 26.9 Å². The molecule has 8 nitrogen and oxygen atoms in total. The Kier molecular flexibility index (Phi) is 5.69. The average molecular weight is 340 g/mol. The number of esters is 1. The second-order valence-corrected chi connectivity index (χ2v) is 7.05. The van der Waals surface area contributed by atoms with E-state index in [0.717, 1.165) is 17.2 Å². The molecular formula is C14H20N4O4S. The number of nitrogens with one attached hydrogen (secondary N) is 2. The van der Waals surface area contributed by atoms with Crippen LogP contribution in [0.2, 0.25) is 0 Å². The molecule has 0 aliphatic rings. The van der Waals surface area contributed by atoms with Crippen LogP contribution in [0.4, 0.5) is 0 Å². The van der Waals surface area contributed by atoms with Gasteiger partial charge in [-0.05, 0) is 37.6 Å². The zero-order valence-electron chi connectivity index (χ0n) is 12.8. The summed E-state index contributed by atoms with van der Waals surface area (Å²) in [6, 6.07) is 4.08. The average Bonchev–Trinajstić information content (AvgIpc) is 2.92. The van der Waals surface area contributed by atoms with Gasteiger partial charge in [-0.25, -0.2) is 17.9 Å². The van der Waals surface area contributed by atoms with Gasteiger partial charge in [-0.3, -0.25) is 5.10 Å². The lowest BCUT2D eigenvalue weighted by Crippen LogP contribution is -2.42. The van der Waals surface area contributed by atoms with Crippen molar-refractivity contribution in [1.82, 2.24) is 14.9 Å². The zero-order valence-corrected chi connectivity index (χ0v) is 13.6. The summed E-state index contributed by atoms with van der Waals surface area (Å²) in [6.45, 7) is 0.484. The fourth-order valence-electron chi connectivity index (χ4n) is 2.15. The Morgan fingerprint density at radius 3 is 2.91 bits per heavy atom. The van der Waals surface area contributed by atoms with Gasteiger partial charge in [0.2, 0.25) is 10.0 Å². The zero-order chi connectivity index (χ0) is 16.9. The van der Waals surface area contributed by atoms with E-state index in [1.165, 1.54) is 0 Å². The van der Waals surface area contributed by atoms with Crippen molar-refractivity contribution in [2.75, 3.05) is 12.8 Å². The smallest absolute Gasteiger partial charge is 0.329 e. The minimum Gasteiger partial charge on any atom is -0.425 e. The number of rotatable bonds is 8. The minimum atomic E-state index is -3.52. The fraction of sp³-hybridized carbons (Fsp3) is 0.429. The van der Waals surface area contributed by atoms with Crippen molar-refractivity contribution < 1.29 is 17.9 Å². The van der Waals surface area contributed by atoms with E-state index in [4.69, 9.17) is 10.5 Å². The molecule has 0 spiro atoms. The van der Waals surface area contributed by atoms with Crippen LogP contribution in [0.15, 0.2) is 24.4 Å². The quantitative estimate of drug-likeness (QED) is 0.365. The van der Waals surface area contributed by atoms with Crippen molar-refractivity contribution in [1.29, 1.82) is 0 Å². The molecule has 1 heterocycles. The molecule has 0 aliphatic heterocycles. The van der Waals surface area contributed by atoms with Crippen LogP contribution in [0.5, 0.6) is 5.75 Å². The van der Waals surface area contributed by atoms with E-state index in [0.29, 0.717) is 31.6 Å². The second kappa shape index (κ2) is 7.53. The van der Waals surface area contributed by atoms with Gasteiger partial charge < -0.3 is 10.5 Å². The van der Waals surface area contributed by atoms with E-state index in [1.54, 1.807) is 24.4 Å². The van der Waals surface area contributed by atoms with Gasteiger partial charge in [0.05, 0.1) is 18.0 Å². The van der Waals surface area contributed by atoms with Gasteiger partial charge >= 0.3 is 5.97 Å². The minimum absolute atomic E-state index is 0.330. The molecule has 0 unspecified atom stereocenters. The van der Waals surface area contributed by atoms with Crippen LogP contribution in [-0.2, 0) is 14.8 Å². The first-order valence-electron chi connectivity index (χ1n) is 7.21. The molecule has 0 bridgehead atoms. The number of hydrogen-bond acceptors (Lipinski definition) is 6. The van der Waals surface area contributed by atoms with Crippen LogP contribution in [0, 0.1) is 0 Å². The number of carbonyl (C=O) groups is 1. The fourth-order valence-corrected chi connectivity index (χ4v) is 2.88. The van der Waals surface area contributed by atoms with Crippen molar-refractivity contribution in [2.45, 2.75) is 25.3 Å². The predicted octanol–water partition coefficient (Wildman–Crippen LogP) is 0.515. The number of aromatic amines is 1. The third-order valence-corrected chi connectivity index (χ3v) is 3.93. The highest BCUT2D eigenvalue weighted by Crippen LogP contribution is 2.19. The number of hydrogen-bond donors (Lipinski definition) is 3. The molecule has 1 aromatic heterocycles. The number of ether oxygens (including phenoxy) is 1. The Bertz CT molecular complexity index is 772. The lowest BCUT2D eigenvalue weighted by atomic mass is 10.1. The third kappa shape index (κ3) is 5.31. The Morgan fingerprint density at radius 1 is 1.43 bits per heavy atom. The summed E-state index contributed by atoms with van der Waals surface area (Å²) < 4.78 is 30.4. The van der Waals surface area contributed by atoms with Crippen LogP contribution in [0.3, 0.4) is 0 Å². The number of sulfonamides is 1. The summed E-state index contributed by atoms with van der Waals surface area (Å²) in [6.07, 6.45) is 4.28. The Balaban J connectivity index is 2.08. The lowest BCUT2D eigenvalue weighted by molar-refractivity contribution is -0.136. The van der Waals surface area contributed by atoms with Crippen molar-refractivity contribution in [3.63, 3.8) is 0 Å². The number of carbonyl (C=O) groups excluding carboxylic acids is 1. The van der Waals surface area contributed by atoms with Gasteiger partial charge in [0, 0.05) is 5.39 Å². The first-order valence-corrected chi connectivity index (χ1v) is 9.10. The first kappa shape index (κ1) is 17.4. The van der Waals surface area contributed by atoms with Crippen LogP contribution >= 0.6 is 0 Å². The number of benzene rings is 1. The SMILES string of the molecule is CS(=O)(=O)N[C@@H](CCCCN)C(=O)Oc1ccc2[nH]ncc2c1. The van der Waals surface area contributed by atoms with E-state index in [2.05, 4.69) is 14.9 Å². The highest BCUT2D eigenvalue weighted by Gasteiger charge is 2.23. The van der Waals surface area contributed by atoms with Crippen LogP contribution in [0.25, 0.3) is 10.9 Å². The van der Waals surface area contributed by atoms with E-state index < -0.39 is 22.0 Å². The molecule has 4 N–H and O–H groups in total. The largest absolute Gasteiger partial charge is 0.425 e. The monoisotopic (exact) mass is 340 g/mol. The summed E-state index contributed by atoms with van der Waals surface area (Å²) in [5.74, 6) is -0.307. The Morgan fingerprint density at radius 2 is 2.22 bits per heavy atom. The molecule has 0 saturated heterocycles. The summed E-state index contributed by atoms with van der Waals surface area (Å²) in [4.78, 5) is 12.3. The molecule has 126 valence electrons. The topological polar surface area (TPSA) is 127 Å². The normalized spacial score (nSPS) is 13.1. The molecule has 1 atom stereocenters. The molecule has 0 amide bonds. The van der Waals surface area contributed by atoms with Gasteiger partial charge in [-0.1, -0.05) is 6.42 Å². The second-order valence-electron chi connectivity index (χ2n) is 5.27. The molecule has 2 rings (SSSR count). The van der Waals surface area contributed by atoms with Crippen molar-refractivity contribution in [2.24, 2.45) is 5.73 Å². The molecule has 9 heteroatoms. The molecule has 0 fully saturated rings. The highest BCUT2D eigenvalue weighted by molar-refractivity contribution is 7.88. The van der Waals surface area contributed by atoms with Gasteiger partial charge in [0.15, 0.2) is 0 Å². The first-order chi connectivity index (χ1) is 10.9. The summed E-state index contributed by atoms with van der Waals surface area (Å²) in [5, 5.41) is 7.48. The molecule has 0 saturated carbocycles. The number of H-pyrrole nitrogens is 1. The van der Waals surface area contributed by atoms with Gasteiger partial charge in [-0.15, -0.1) is 0 Å². The maximum atomic E-state index is 12.3. The van der Waals surface area contributed by atoms with Crippen molar-refractivity contribution in [3.8, 4) is 5.75 Å². The van der Waals surface area contributed by atoms with E-state index in [1.807, 2.05) is 0 Å². The maximum absolute atomic E-state index is 12.3. The van der Waals surface area contributed by atoms with Crippen LogP contribution in [-0.4, -0.2) is 43.4 Å². The summed E-state index contributed by atoms with van der Waals surface area (Å²) in [5.41, 5.74) is 6.24. The van der Waals surface area contributed by atoms with Gasteiger partial charge in [-0.2, -0.15) is 5.10 Å². The van der Waals surface area contributed by atoms with Gasteiger partial charge in [0.1, 0.15) is 11.8 Å². The maximum Gasteiger partial charge on any atom is 0.329 e.